The molecule has 3 heterocycles. The Labute approximate surface area is 146 Å². The maximum Gasteiger partial charge on any atom is 0.325 e. The van der Waals surface area contributed by atoms with E-state index in [1.54, 1.807) is 0 Å². The minimum atomic E-state index is -0.614. The number of aromatic nitrogens is 2. The van der Waals surface area contributed by atoms with Gasteiger partial charge in [0.05, 0.1) is 0 Å². The molecule has 138 valence electrons. The topological polar surface area (TPSA) is 92.5 Å². The Kier molecular flexibility index (Phi) is 5.70. The summed E-state index contributed by atoms with van der Waals surface area (Å²) in [4.78, 5) is 47.0. The molecule has 2 N–H and O–H groups in total. The highest BCUT2D eigenvalue weighted by Gasteiger charge is 2.29. The van der Waals surface area contributed by atoms with Gasteiger partial charge in [0.25, 0.3) is 11.5 Å². The molecule has 2 aliphatic rings. The third-order valence-corrected chi connectivity index (χ3v) is 5.31. The first-order chi connectivity index (χ1) is 12.0. The molecule has 0 bridgehead atoms. The number of piperidine rings is 1. The molecular weight excluding hydrogens is 322 g/mol. The fraction of sp³-hybridized carbons (Fsp3) is 0.706. The number of nitrogens with zero attached hydrogens (tertiary/aromatic N) is 3. The van der Waals surface area contributed by atoms with Crippen LogP contribution in [0, 0.1) is 0 Å². The van der Waals surface area contributed by atoms with Crippen molar-refractivity contribution < 1.29 is 4.79 Å². The van der Waals surface area contributed by atoms with E-state index in [1.165, 1.54) is 6.20 Å². The average Bonchev–Trinajstić information content (AvgIpc) is 2.61. The van der Waals surface area contributed by atoms with Crippen molar-refractivity contribution in [3.05, 3.63) is 32.6 Å². The van der Waals surface area contributed by atoms with Gasteiger partial charge in [-0.15, -0.1) is 0 Å². The number of H-pyrrole nitrogens is 2. The van der Waals surface area contributed by atoms with Gasteiger partial charge in [-0.1, -0.05) is 0 Å². The van der Waals surface area contributed by atoms with Crippen molar-refractivity contribution in [3.63, 3.8) is 0 Å². The Bertz CT molecular complexity index is 705. The monoisotopic (exact) mass is 349 g/mol. The van der Waals surface area contributed by atoms with Crippen molar-refractivity contribution in [2.75, 3.05) is 46.3 Å². The van der Waals surface area contributed by atoms with Crippen molar-refractivity contribution >= 4 is 5.91 Å². The second-order valence-electron chi connectivity index (χ2n) is 7.07. The zero-order valence-corrected chi connectivity index (χ0v) is 14.8. The van der Waals surface area contributed by atoms with Gasteiger partial charge < -0.3 is 19.7 Å². The summed E-state index contributed by atoms with van der Waals surface area (Å²) in [7, 11) is 2.14. The number of hydrogen-bond acceptors (Lipinski definition) is 5. The van der Waals surface area contributed by atoms with E-state index in [2.05, 4.69) is 26.8 Å². The highest BCUT2D eigenvalue weighted by molar-refractivity contribution is 5.93. The highest BCUT2D eigenvalue weighted by Crippen LogP contribution is 2.21. The van der Waals surface area contributed by atoms with E-state index in [1.807, 2.05) is 4.90 Å². The quantitative estimate of drug-likeness (QED) is 0.778. The summed E-state index contributed by atoms with van der Waals surface area (Å²) in [6.07, 6.45) is 5.20. The number of amides is 1. The summed E-state index contributed by atoms with van der Waals surface area (Å²) in [5.74, 6) is -0.277. The lowest BCUT2D eigenvalue weighted by atomic mass is 9.98. The molecule has 1 unspecified atom stereocenters. The van der Waals surface area contributed by atoms with Gasteiger partial charge in [0.2, 0.25) is 0 Å². The van der Waals surface area contributed by atoms with Crippen molar-refractivity contribution in [1.29, 1.82) is 0 Å². The second-order valence-corrected chi connectivity index (χ2v) is 7.07. The first-order valence-corrected chi connectivity index (χ1v) is 9.08. The van der Waals surface area contributed by atoms with Crippen LogP contribution in [0.5, 0.6) is 0 Å². The summed E-state index contributed by atoms with van der Waals surface area (Å²) >= 11 is 0. The molecule has 0 spiro atoms. The van der Waals surface area contributed by atoms with E-state index in [0.717, 1.165) is 58.4 Å². The molecule has 1 aromatic rings. The Morgan fingerprint density at radius 1 is 1.16 bits per heavy atom. The van der Waals surface area contributed by atoms with E-state index in [4.69, 9.17) is 0 Å². The molecule has 2 aliphatic heterocycles. The van der Waals surface area contributed by atoms with Gasteiger partial charge in [0.1, 0.15) is 5.56 Å². The predicted molar refractivity (Wildman–Crippen MR) is 94.9 cm³/mol. The average molecular weight is 349 g/mol. The maximum atomic E-state index is 12.8. The van der Waals surface area contributed by atoms with Gasteiger partial charge in [0.15, 0.2) is 0 Å². The van der Waals surface area contributed by atoms with Gasteiger partial charge in [-0.3, -0.25) is 14.6 Å². The zero-order valence-electron chi connectivity index (χ0n) is 14.8. The maximum absolute atomic E-state index is 12.8. The van der Waals surface area contributed by atoms with Crippen molar-refractivity contribution in [3.8, 4) is 0 Å². The molecule has 8 heteroatoms. The number of carbonyl (C=O) groups is 1. The van der Waals surface area contributed by atoms with Crippen LogP contribution in [0.4, 0.5) is 0 Å². The summed E-state index contributed by atoms with van der Waals surface area (Å²) in [6.45, 7) is 5.95. The van der Waals surface area contributed by atoms with Crippen molar-refractivity contribution in [2.45, 2.75) is 31.7 Å². The number of likely N-dealkylation sites (N-methyl/N-ethyl adjacent to an activating group) is 1. The number of likely N-dealkylation sites (tertiary alicyclic amines) is 1. The van der Waals surface area contributed by atoms with Crippen LogP contribution in [0.15, 0.2) is 15.8 Å². The second kappa shape index (κ2) is 7.97. The number of piperazine rings is 1. The van der Waals surface area contributed by atoms with E-state index < -0.39 is 11.2 Å². The number of rotatable bonds is 4. The molecule has 8 nitrogen and oxygen atoms in total. The first kappa shape index (κ1) is 17.9. The van der Waals surface area contributed by atoms with Crippen LogP contribution in [0.25, 0.3) is 0 Å². The zero-order chi connectivity index (χ0) is 17.8. The summed E-state index contributed by atoms with van der Waals surface area (Å²) in [5.41, 5.74) is -1.19. The van der Waals surface area contributed by atoms with E-state index >= 15 is 0 Å². The summed E-state index contributed by atoms with van der Waals surface area (Å²) in [5, 5.41) is 0. The van der Waals surface area contributed by atoms with E-state index in [0.29, 0.717) is 6.54 Å². The molecule has 1 atom stereocenters. The van der Waals surface area contributed by atoms with Crippen molar-refractivity contribution in [1.82, 2.24) is 24.7 Å². The lowest BCUT2D eigenvalue weighted by Gasteiger charge is -2.38. The summed E-state index contributed by atoms with van der Waals surface area (Å²) in [6, 6.07) is 0.159. The van der Waals surface area contributed by atoms with Gasteiger partial charge in [-0.2, -0.15) is 0 Å². The Morgan fingerprint density at radius 3 is 2.64 bits per heavy atom. The molecule has 3 rings (SSSR count). The molecule has 0 aliphatic carbocycles. The number of nitrogens with one attached hydrogen (secondary N) is 2. The smallest absolute Gasteiger partial charge is 0.325 e. The Balaban J connectivity index is 1.65. The van der Waals surface area contributed by atoms with Crippen LogP contribution in [0.2, 0.25) is 0 Å². The lowest BCUT2D eigenvalue weighted by Crippen LogP contribution is -2.49. The Hall–Kier alpha value is -1.93. The van der Waals surface area contributed by atoms with Crippen LogP contribution < -0.4 is 11.2 Å². The third-order valence-electron chi connectivity index (χ3n) is 5.31. The molecule has 2 saturated heterocycles. The Morgan fingerprint density at radius 2 is 1.92 bits per heavy atom. The molecule has 1 aromatic heterocycles. The first-order valence-electron chi connectivity index (χ1n) is 9.08. The SMILES string of the molecule is CN1CCN(CCC2CCCCN2C(=O)c2c[nH]c(=O)[nH]c2=O)CC1. The van der Waals surface area contributed by atoms with Crippen molar-refractivity contribution in [2.24, 2.45) is 0 Å². The number of aromatic amines is 2. The van der Waals surface area contributed by atoms with Crippen LogP contribution >= 0.6 is 0 Å². The molecule has 0 aromatic carbocycles. The van der Waals surface area contributed by atoms with Gasteiger partial charge >= 0.3 is 5.69 Å². The standard InChI is InChI=1S/C17H27N5O3/c1-20-8-10-21(11-9-20)7-5-13-4-2-3-6-22(13)16(24)14-12-18-17(25)19-15(14)23/h12-13H,2-11H2,1H3,(H2,18,19,23,25). The van der Waals surface area contributed by atoms with Gasteiger partial charge in [-0.25, -0.2) is 4.79 Å². The molecule has 1 amide bonds. The van der Waals surface area contributed by atoms with Crippen LogP contribution in [-0.4, -0.2) is 82.9 Å². The van der Waals surface area contributed by atoms with Crippen LogP contribution in [0.3, 0.4) is 0 Å². The summed E-state index contributed by atoms with van der Waals surface area (Å²) < 4.78 is 0. The van der Waals surface area contributed by atoms with Gasteiger partial charge in [0, 0.05) is 51.5 Å². The van der Waals surface area contributed by atoms with Crippen LogP contribution in [0.1, 0.15) is 36.0 Å². The minimum Gasteiger partial charge on any atom is -0.335 e. The van der Waals surface area contributed by atoms with Gasteiger partial charge in [-0.05, 0) is 32.7 Å². The molecule has 2 fully saturated rings. The van der Waals surface area contributed by atoms with E-state index in [-0.39, 0.29) is 17.5 Å². The lowest BCUT2D eigenvalue weighted by molar-refractivity contribution is 0.0567. The molecule has 0 saturated carbocycles. The molecule has 0 radical (unpaired) electrons. The fourth-order valence-corrected chi connectivity index (χ4v) is 3.69. The molecule has 25 heavy (non-hydrogen) atoms. The highest BCUT2D eigenvalue weighted by atomic mass is 16.2. The van der Waals surface area contributed by atoms with E-state index in [9.17, 15) is 14.4 Å². The number of carbonyl (C=O) groups excluding carboxylic acids is 1. The normalized spacial score (nSPS) is 22.9. The molecular formula is C17H27N5O3. The minimum absolute atomic E-state index is 0.0195. The number of hydrogen-bond donors (Lipinski definition) is 2. The van der Waals surface area contributed by atoms with Crippen LogP contribution in [-0.2, 0) is 0 Å². The largest absolute Gasteiger partial charge is 0.335 e. The third kappa shape index (κ3) is 4.38. The predicted octanol–water partition coefficient (Wildman–Crippen LogP) is -0.305. The fourth-order valence-electron chi connectivity index (χ4n) is 3.69.